The minimum absolute atomic E-state index is 0.173. The van der Waals surface area contributed by atoms with Gasteiger partial charge in [-0.15, -0.1) is 0 Å². The van der Waals surface area contributed by atoms with Gasteiger partial charge in [0.1, 0.15) is 11.4 Å². The second-order valence-corrected chi connectivity index (χ2v) is 2.74. The third-order valence-electron chi connectivity index (χ3n) is 1.53. The second-order valence-electron chi connectivity index (χ2n) is 2.43. The number of carboxylic acids is 1. The van der Waals surface area contributed by atoms with E-state index in [1.807, 2.05) is 0 Å². The summed E-state index contributed by atoms with van der Waals surface area (Å²) in [5.74, 6) is 3.32. The minimum Gasteiger partial charge on any atom is -0.478 e. The van der Waals surface area contributed by atoms with Gasteiger partial charge in [0.15, 0.2) is 0 Å². The first-order chi connectivity index (χ1) is 6.66. The molecule has 4 heteroatoms. The van der Waals surface area contributed by atoms with Gasteiger partial charge >= 0.3 is 5.97 Å². The highest BCUT2D eigenvalue weighted by molar-refractivity contribution is 7.80. The quantitative estimate of drug-likeness (QED) is 0.548. The third kappa shape index (κ3) is 2.27. The van der Waals surface area contributed by atoms with Gasteiger partial charge in [-0.2, -0.15) is 12.6 Å². The lowest BCUT2D eigenvalue weighted by molar-refractivity contribution is 0.0691. The number of thiol groups is 1. The van der Waals surface area contributed by atoms with E-state index in [1.165, 1.54) is 12.1 Å². The van der Waals surface area contributed by atoms with Crippen LogP contribution in [0, 0.1) is 17.7 Å². The van der Waals surface area contributed by atoms with Crippen LogP contribution in [0.2, 0.25) is 0 Å². The number of rotatable bonds is 1. The van der Waals surface area contributed by atoms with Crippen LogP contribution in [-0.2, 0) is 0 Å². The van der Waals surface area contributed by atoms with E-state index < -0.39 is 11.8 Å². The fourth-order valence-electron chi connectivity index (χ4n) is 0.980. The zero-order chi connectivity index (χ0) is 10.6. The van der Waals surface area contributed by atoms with Crippen LogP contribution in [0.5, 0.6) is 0 Å². The molecule has 14 heavy (non-hydrogen) atoms. The molecule has 72 valence electrons. The van der Waals surface area contributed by atoms with Gasteiger partial charge in [0.25, 0.3) is 0 Å². The van der Waals surface area contributed by atoms with E-state index in [-0.39, 0.29) is 11.1 Å². The molecule has 0 amide bonds. The monoisotopic (exact) mass is 210 g/mol. The van der Waals surface area contributed by atoms with Gasteiger partial charge in [-0.25, -0.2) is 9.18 Å². The molecule has 0 aliphatic carbocycles. The highest BCUT2D eigenvalue weighted by atomic mass is 32.1. The minimum atomic E-state index is -1.31. The predicted octanol–water partition coefficient (Wildman–Crippen LogP) is 1.81. The first-order valence-corrected chi connectivity index (χ1v) is 4.41. The molecule has 1 N–H and O–H groups in total. The third-order valence-corrected chi connectivity index (χ3v) is 1.69. The van der Waals surface area contributed by atoms with Crippen molar-refractivity contribution in [2.45, 2.75) is 0 Å². The highest BCUT2D eigenvalue weighted by Crippen LogP contribution is 2.12. The van der Waals surface area contributed by atoms with E-state index in [4.69, 9.17) is 5.11 Å². The number of halogens is 1. The molecule has 0 aliphatic heterocycles. The Morgan fingerprint density at radius 1 is 1.57 bits per heavy atom. The van der Waals surface area contributed by atoms with E-state index >= 15 is 0 Å². The van der Waals surface area contributed by atoms with Crippen molar-refractivity contribution in [2.24, 2.45) is 0 Å². The number of carboxylic acid groups (broad SMARTS) is 1. The summed E-state index contributed by atoms with van der Waals surface area (Å²) >= 11 is 3.85. The predicted molar refractivity (Wildman–Crippen MR) is 54.1 cm³/mol. The van der Waals surface area contributed by atoms with Crippen molar-refractivity contribution in [1.29, 1.82) is 0 Å². The Labute approximate surface area is 86.2 Å². The van der Waals surface area contributed by atoms with E-state index in [1.54, 1.807) is 0 Å². The maximum Gasteiger partial charge on any atom is 0.339 e. The van der Waals surface area contributed by atoms with Crippen LogP contribution in [0.3, 0.4) is 0 Å². The van der Waals surface area contributed by atoms with E-state index in [0.29, 0.717) is 5.75 Å². The van der Waals surface area contributed by atoms with E-state index in [0.717, 1.165) is 6.07 Å². The summed E-state index contributed by atoms with van der Waals surface area (Å²) in [5.41, 5.74) is -0.215. The molecule has 1 aromatic rings. The van der Waals surface area contributed by atoms with Gasteiger partial charge in [-0.05, 0) is 12.1 Å². The Morgan fingerprint density at radius 2 is 2.29 bits per heavy atom. The zero-order valence-corrected chi connectivity index (χ0v) is 8.01. The van der Waals surface area contributed by atoms with Crippen LogP contribution in [-0.4, -0.2) is 16.8 Å². The second kappa shape index (κ2) is 4.68. The number of carbonyl (C=O) groups is 1. The lowest BCUT2D eigenvalue weighted by Gasteiger charge is -1.99. The van der Waals surface area contributed by atoms with Gasteiger partial charge < -0.3 is 5.11 Å². The molecule has 0 heterocycles. The number of benzene rings is 1. The largest absolute Gasteiger partial charge is 0.478 e. The molecular formula is C10H7FO2S. The molecule has 0 unspecified atom stereocenters. The van der Waals surface area contributed by atoms with Crippen molar-refractivity contribution in [3.63, 3.8) is 0 Å². The first-order valence-electron chi connectivity index (χ1n) is 3.78. The fourth-order valence-corrected chi connectivity index (χ4v) is 1.06. The van der Waals surface area contributed by atoms with Crippen LogP contribution in [0.25, 0.3) is 0 Å². The highest BCUT2D eigenvalue weighted by Gasteiger charge is 2.13. The Hall–Kier alpha value is -1.47. The summed E-state index contributed by atoms with van der Waals surface area (Å²) in [5, 5.41) is 8.72. The van der Waals surface area contributed by atoms with Crippen LogP contribution in [0.1, 0.15) is 15.9 Å². The maximum atomic E-state index is 13.1. The van der Waals surface area contributed by atoms with Gasteiger partial charge in [0.05, 0.1) is 5.75 Å². The number of aromatic carboxylic acids is 1. The first kappa shape index (κ1) is 10.6. The van der Waals surface area contributed by atoms with E-state index in [9.17, 15) is 9.18 Å². The Bertz CT molecular complexity index is 418. The smallest absolute Gasteiger partial charge is 0.339 e. The molecule has 0 bridgehead atoms. The van der Waals surface area contributed by atoms with Gasteiger partial charge in [-0.1, -0.05) is 17.9 Å². The van der Waals surface area contributed by atoms with Crippen LogP contribution in [0.4, 0.5) is 4.39 Å². The molecule has 0 spiro atoms. The lowest BCUT2D eigenvalue weighted by Crippen LogP contribution is -2.03. The SMILES string of the molecule is O=C(O)c1c(F)cccc1C#CCS. The molecule has 0 atom stereocenters. The fraction of sp³-hybridized carbons (Fsp3) is 0.100. The van der Waals surface area contributed by atoms with Crippen molar-refractivity contribution < 1.29 is 14.3 Å². The number of hydrogen-bond donors (Lipinski definition) is 2. The average molecular weight is 210 g/mol. The Morgan fingerprint density at radius 3 is 2.86 bits per heavy atom. The van der Waals surface area contributed by atoms with E-state index in [2.05, 4.69) is 24.5 Å². The van der Waals surface area contributed by atoms with Crippen molar-refractivity contribution in [3.05, 3.63) is 35.1 Å². The van der Waals surface area contributed by atoms with Crippen molar-refractivity contribution >= 4 is 18.6 Å². The van der Waals surface area contributed by atoms with Crippen LogP contribution >= 0.6 is 12.6 Å². The molecular weight excluding hydrogens is 203 g/mol. The zero-order valence-electron chi connectivity index (χ0n) is 7.12. The van der Waals surface area contributed by atoms with Gasteiger partial charge in [0, 0.05) is 5.56 Å². The molecule has 0 aliphatic rings. The van der Waals surface area contributed by atoms with Crippen molar-refractivity contribution in [3.8, 4) is 11.8 Å². The molecule has 0 radical (unpaired) electrons. The molecule has 1 rings (SSSR count). The molecule has 0 saturated carbocycles. The van der Waals surface area contributed by atoms with Gasteiger partial charge in [0.2, 0.25) is 0 Å². The summed E-state index contributed by atoms with van der Waals surface area (Å²) in [6.45, 7) is 0. The average Bonchev–Trinajstić information content (AvgIpc) is 2.14. The summed E-state index contributed by atoms with van der Waals surface area (Å²) < 4.78 is 13.1. The standard InChI is InChI=1S/C10H7FO2S/c11-8-5-1-3-7(4-2-6-14)9(8)10(12)13/h1,3,5,14H,6H2,(H,12,13). The number of hydrogen-bond acceptors (Lipinski definition) is 2. The normalized spacial score (nSPS) is 9.00. The molecule has 0 fully saturated rings. The summed E-state index contributed by atoms with van der Waals surface area (Å²) in [6, 6.07) is 3.97. The Kier molecular flexibility index (Phi) is 3.55. The van der Waals surface area contributed by atoms with Gasteiger partial charge in [-0.3, -0.25) is 0 Å². The maximum absolute atomic E-state index is 13.1. The van der Waals surface area contributed by atoms with Crippen LogP contribution < -0.4 is 0 Å². The van der Waals surface area contributed by atoms with Crippen LogP contribution in [0.15, 0.2) is 18.2 Å². The van der Waals surface area contributed by atoms with Crippen molar-refractivity contribution in [2.75, 3.05) is 5.75 Å². The topological polar surface area (TPSA) is 37.3 Å². The summed E-state index contributed by atoms with van der Waals surface area (Å²) in [4.78, 5) is 10.7. The lowest BCUT2D eigenvalue weighted by atomic mass is 10.1. The molecule has 1 aromatic carbocycles. The summed E-state index contributed by atoms with van der Waals surface area (Å²) in [7, 11) is 0. The Balaban J connectivity index is 3.28. The van der Waals surface area contributed by atoms with Crippen molar-refractivity contribution in [1.82, 2.24) is 0 Å². The molecule has 0 aromatic heterocycles. The molecule has 2 nitrogen and oxygen atoms in total. The molecule has 0 saturated heterocycles. The summed E-state index contributed by atoms with van der Waals surface area (Å²) in [6.07, 6.45) is 0.